The minimum Gasteiger partial charge on any atom is -0.370 e. The Bertz CT molecular complexity index is 1240. The lowest BCUT2D eigenvalue weighted by Gasteiger charge is -2.29. The van der Waals surface area contributed by atoms with Crippen LogP contribution in [0.1, 0.15) is 40.9 Å². The summed E-state index contributed by atoms with van der Waals surface area (Å²) in [6, 6.07) is 5.78. The van der Waals surface area contributed by atoms with Gasteiger partial charge in [0.25, 0.3) is 11.8 Å². The van der Waals surface area contributed by atoms with E-state index in [1.165, 1.54) is 12.1 Å². The zero-order valence-corrected chi connectivity index (χ0v) is 22.4. The van der Waals surface area contributed by atoms with Crippen LogP contribution in [0.5, 0.6) is 0 Å². The molecule has 3 aliphatic rings. The zero-order valence-electron chi connectivity index (χ0n) is 20.9. The molecule has 2 aliphatic carbocycles. The van der Waals surface area contributed by atoms with Crippen molar-refractivity contribution in [1.29, 1.82) is 0 Å². The number of carbonyl (C=O) groups excluding carboxylic acids is 3. The minimum atomic E-state index is -4.76. The molecule has 0 spiro atoms. The number of thiophene rings is 1. The molecule has 5 rings (SSSR count). The molecule has 1 atom stereocenters. The number of nitrogens with zero attached hydrogens (tertiary/aromatic N) is 1. The molecule has 0 unspecified atom stereocenters. The predicted molar refractivity (Wildman–Crippen MR) is 141 cm³/mol. The lowest BCUT2D eigenvalue weighted by molar-refractivity contribution is -0.137. The van der Waals surface area contributed by atoms with Crippen molar-refractivity contribution in [3.05, 3.63) is 45.1 Å². The Kier molecular flexibility index (Phi) is 8.18. The Hall–Kier alpha value is -2.67. The Morgan fingerprint density at radius 3 is 2.44 bits per heavy atom. The van der Waals surface area contributed by atoms with Crippen LogP contribution in [-0.2, 0) is 20.5 Å². The fourth-order valence-corrected chi connectivity index (χ4v) is 5.78. The lowest BCUT2D eigenvalue weighted by Crippen LogP contribution is -2.53. The zero-order chi connectivity index (χ0) is 27.7. The van der Waals surface area contributed by atoms with Gasteiger partial charge in [-0.3, -0.25) is 14.4 Å². The van der Waals surface area contributed by atoms with Crippen LogP contribution >= 0.6 is 22.9 Å². The molecule has 210 valence electrons. The molecule has 1 aromatic heterocycles. The van der Waals surface area contributed by atoms with Crippen molar-refractivity contribution in [3.8, 4) is 0 Å². The van der Waals surface area contributed by atoms with Crippen LogP contribution in [0.3, 0.4) is 0 Å². The van der Waals surface area contributed by atoms with Crippen LogP contribution in [0, 0.1) is 11.8 Å². The molecule has 8 nitrogen and oxygen atoms in total. The van der Waals surface area contributed by atoms with Crippen LogP contribution in [0.2, 0.25) is 4.34 Å². The van der Waals surface area contributed by atoms with E-state index in [0.29, 0.717) is 21.0 Å². The fourth-order valence-electron chi connectivity index (χ4n) is 4.82. The number of amides is 3. The maximum Gasteiger partial charge on any atom is 0.418 e. The van der Waals surface area contributed by atoms with Crippen molar-refractivity contribution in [2.75, 3.05) is 36.5 Å². The van der Waals surface area contributed by atoms with E-state index in [-0.39, 0.29) is 49.6 Å². The normalized spacial score (nSPS) is 18.8. The number of hydrogen-bond acceptors (Lipinski definition) is 6. The Labute approximate surface area is 232 Å². The summed E-state index contributed by atoms with van der Waals surface area (Å²) >= 11 is 7.04. The first kappa shape index (κ1) is 27.9. The average Bonchev–Trinajstić information content (AvgIpc) is 3.83. The van der Waals surface area contributed by atoms with Gasteiger partial charge in [0.1, 0.15) is 12.6 Å². The SMILES string of the molecule is O=C(NC[C@@H](NC(C1CC1)C1CC1)C(=O)Nc1ccc(N2CCOCC2=O)c(C(F)(F)F)c1)c1ccc(Cl)s1. The molecule has 0 bridgehead atoms. The second-order valence-corrected chi connectivity index (χ2v) is 11.8. The molecule has 3 amide bonds. The van der Waals surface area contributed by atoms with Gasteiger partial charge >= 0.3 is 6.18 Å². The number of hydrogen-bond donors (Lipinski definition) is 3. The molecular weight excluding hydrogens is 557 g/mol. The molecule has 2 heterocycles. The van der Waals surface area contributed by atoms with Gasteiger partial charge in [0, 0.05) is 24.8 Å². The number of ether oxygens (including phenoxy) is 1. The van der Waals surface area contributed by atoms with Crippen molar-refractivity contribution >= 4 is 52.0 Å². The van der Waals surface area contributed by atoms with Crippen molar-refractivity contribution < 1.29 is 32.3 Å². The van der Waals surface area contributed by atoms with Gasteiger partial charge in [-0.05, 0) is 67.9 Å². The molecular formula is C26H28ClF3N4O4S. The highest BCUT2D eigenvalue weighted by molar-refractivity contribution is 7.18. The van der Waals surface area contributed by atoms with E-state index < -0.39 is 29.6 Å². The number of benzene rings is 1. The number of alkyl halides is 3. The number of rotatable bonds is 10. The first-order valence-electron chi connectivity index (χ1n) is 12.8. The summed E-state index contributed by atoms with van der Waals surface area (Å²) in [5.41, 5.74) is -1.38. The third-order valence-corrected chi connectivity index (χ3v) is 8.31. The third-order valence-electron chi connectivity index (χ3n) is 7.08. The fraction of sp³-hybridized carbons (Fsp3) is 0.500. The van der Waals surface area contributed by atoms with Gasteiger partial charge in [0.2, 0.25) is 5.91 Å². The lowest BCUT2D eigenvalue weighted by atomic mass is 10.1. The van der Waals surface area contributed by atoms with E-state index in [4.69, 9.17) is 16.3 Å². The number of morpholine rings is 1. The highest BCUT2D eigenvalue weighted by atomic mass is 35.5. The van der Waals surface area contributed by atoms with Crippen molar-refractivity contribution in [2.24, 2.45) is 11.8 Å². The topological polar surface area (TPSA) is 99.8 Å². The van der Waals surface area contributed by atoms with E-state index >= 15 is 0 Å². The van der Waals surface area contributed by atoms with Crippen LogP contribution in [0.25, 0.3) is 0 Å². The van der Waals surface area contributed by atoms with Crippen LogP contribution in [-0.4, -0.2) is 56.1 Å². The summed E-state index contributed by atoms with van der Waals surface area (Å²) in [6.07, 6.45) is -0.539. The quantitative estimate of drug-likeness (QED) is 0.387. The van der Waals surface area contributed by atoms with Gasteiger partial charge in [-0.25, -0.2) is 0 Å². The molecule has 3 N–H and O–H groups in total. The molecule has 13 heteroatoms. The number of carbonyl (C=O) groups is 3. The van der Waals surface area contributed by atoms with Gasteiger partial charge in [0.15, 0.2) is 0 Å². The Morgan fingerprint density at radius 1 is 1.13 bits per heavy atom. The number of anilines is 2. The largest absolute Gasteiger partial charge is 0.418 e. The van der Waals surface area contributed by atoms with E-state index in [9.17, 15) is 27.6 Å². The molecule has 2 saturated carbocycles. The Balaban J connectivity index is 1.34. The van der Waals surface area contributed by atoms with Gasteiger partial charge in [-0.2, -0.15) is 13.2 Å². The first-order valence-corrected chi connectivity index (χ1v) is 14.0. The Morgan fingerprint density at radius 2 is 1.85 bits per heavy atom. The van der Waals surface area contributed by atoms with Crippen molar-refractivity contribution in [3.63, 3.8) is 0 Å². The average molecular weight is 585 g/mol. The van der Waals surface area contributed by atoms with Gasteiger partial charge < -0.3 is 25.6 Å². The van der Waals surface area contributed by atoms with Crippen molar-refractivity contribution in [2.45, 2.75) is 43.9 Å². The molecule has 1 aromatic carbocycles. The minimum absolute atomic E-state index is 0.00150. The standard InChI is InChI=1S/C26H28ClF3N4O4S/c27-21-8-7-20(39-21)25(37)31-12-18(33-23(14-1-2-14)15-3-4-15)24(36)32-16-5-6-19(17(11-16)26(28,29)30)34-9-10-38-13-22(34)35/h5-8,11,14-15,18,23,33H,1-4,9-10,12-13H2,(H,31,37)(H,32,36)/t18-/m1/s1. The van der Waals surface area contributed by atoms with Crippen LogP contribution < -0.4 is 20.9 Å². The molecule has 3 fully saturated rings. The summed E-state index contributed by atoms with van der Waals surface area (Å²) < 4.78 is 47.5. The van der Waals surface area contributed by atoms with Gasteiger partial charge in [-0.15, -0.1) is 11.3 Å². The highest BCUT2D eigenvalue weighted by Crippen LogP contribution is 2.45. The van der Waals surface area contributed by atoms with Gasteiger partial charge in [0.05, 0.1) is 27.1 Å². The summed E-state index contributed by atoms with van der Waals surface area (Å²) in [6.45, 7) is -0.224. The second kappa shape index (κ2) is 11.4. The summed E-state index contributed by atoms with van der Waals surface area (Å²) in [5.74, 6) is -0.626. The molecule has 1 saturated heterocycles. The summed E-state index contributed by atoms with van der Waals surface area (Å²) in [4.78, 5) is 39.6. The van der Waals surface area contributed by atoms with Crippen LogP contribution in [0.4, 0.5) is 24.5 Å². The molecule has 2 aromatic rings. The van der Waals surface area contributed by atoms with E-state index in [1.54, 1.807) is 12.1 Å². The predicted octanol–water partition coefficient (Wildman–Crippen LogP) is 4.30. The number of nitrogens with one attached hydrogen (secondary N) is 3. The molecule has 0 radical (unpaired) electrons. The third kappa shape index (κ3) is 6.92. The van der Waals surface area contributed by atoms with E-state index in [0.717, 1.165) is 48.0 Å². The maximum atomic E-state index is 14.0. The monoisotopic (exact) mass is 584 g/mol. The smallest absolute Gasteiger partial charge is 0.370 e. The molecule has 1 aliphatic heterocycles. The van der Waals surface area contributed by atoms with Gasteiger partial charge in [-0.1, -0.05) is 11.6 Å². The number of halogens is 4. The molecule has 39 heavy (non-hydrogen) atoms. The first-order chi connectivity index (χ1) is 18.6. The van der Waals surface area contributed by atoms with Crippen molar-refractivity contribution in [1.82, 2.24) is 10.6 Å². The highest BCUT2D eigenvalue weighted by Gasteiger charge is 2.43. The van der Waals surface area contributed by atoms with E-state index in [1.807, 2.05) is 0 Å². The van der Waals surface area contributed by atoms with Crippen LogP contribution in [0.15, 0.2) is 30.3 Å². The summed E-state index contributed by atoms with van der Waals surface area (Å²) in [5, 5.41) is 8.72. The second-order valence-electron chi connectivity index (χ2n) is 10.1. The summed E-state index contributed by atoms with van der Waals surface area (Å²) in [7, 11) is 0. The maximum absolute atomic E-state index is 14.0. The van der Waals surface area contributed by atoms with E-state index in [2.05, 4.69) is 16.0 Å².